The van der Waals surface area contributed by atoms with Crippen LogP contribution in [0.2, 0.25) is 0 Å². The van der Waals surface area contributed by atoms with Crippen molar-refractivity contribution in [1.29, 1.82) is 0 Å². The summed E-state index contributed by atoms with van der Waals surface area (Å²) in [5.74, 6) is -0.0210. The minimum atomic E-state index is -3.83. The van der Waals surface area contributed by atoms with Gasteiger partial charge in [-0.2, -0.15) is 0 Å². The van der Waals surface area contributed by atoms with Gasteiger partial charge in [-0.15, -0.1) is 0 Å². The molecule has 4 aromatic rings. The van der Waals surface area contributed by atoms with E-state index in [-0.39, 0.29) is 36.2 Å². The van der Waals surface area contributed by atoms with Crippen LogP contribution in [0.15, 0.2) is 90.0 Å². The highest BCUT2D eigenvalue weighted by atomic mass is 32.2. The first-order valence-corrected chi connectivity index (χ1v) is 20.4. The number of aliphatic hydroxyl groups is 1. The highest BCUT2D eigenvalue weighted by Gasteiger charge is 2.39. The van der Waals surface area contributed by atoms with Crippen LogP contribution in [0.3, 0.4) is 0 Å². The van der Waals surface area contributed by atoms with Gasteiger partial charge in [0.15, 0.2) is 6.29 Å². The molecule has 3 aromatic carbocycles. The van der Waals surface area contributed by atoms with E-state index < -0.39 is 16.3 Å². The lowest BCUT2D eigenvalue weighted by Gasteiger charge is -2.43. The van der Waals surface area contributed by atoms with Gasteiger partial charge in [0, 0.05) is 49.2 Å². The Morgan fingerprint density at radius 2 is 1.27 bits per heavy atom. The van der Waals surface area contributed by atoms with Crippen molar-refractivity contribution >= 4 is 20.9 Å². The molecule has 13 nitrogen and oxygen atoms in total. The fourth-order valence-electron chi connectivity index (χ4n) is 6.59. The number of fused-ring (bicyclic) bond motifs is 1. The van der Waals surface area contributed by atoms with Gasteiger partial charge in [-0.25, -0.2) is 13.1 Å². The monoisotopic (exact) mass is 779 g/mol. The predicted molar refractivity (Wildman–Crippen MR) is 206 cm³/mol. The molecule has 2 aliphatic heterocycles. The molecule has 0 bridgehead atoms. The maximum Gasteiger partial charge on any atom is 0.243 e. The molecule has 4 atom stereocenters. The number of benzene rings is 3. The second-order valence-electron chi connectivity index (χ2n) is 13.6. The topological polar surface area (TPSA) is 147 Å². The Balaban J connectivity index is 1.14. The van der Waals surface area contributed by atoms with Crippen LogP contribution in [0.4, 0.5) is 0 Å². The average Bonchev–Trinajstić information content (AvgIpc) is 3.21. The number of rotatable bonds is 9. The summed E-state index contributed by atoms with van der Waals surface area (Å²) in [4.78, 5) is 6.75. The smallest absolute Gasteiger partial charge is 0.243 e. The van der Waals surface area contributed by atoms with E-state index in [1.165, 1.54) is 0 Å². The molecule has 1 aromatic heterocycles. The van der Waals surface area contributed by atoms with Gasteiger partial charge in [0.2, 0.25) is 10.0 Å². The number of para-hydroxylation sites is 1. The summed E-state index contributed by atoms with van der Waals surface area (Å²) in [6.45, 7) is 9.24. The van der Waals surface area contributed by atoms with Crippen LogP contribution in [-0.2, 0) is 56.3 Å². The number of aliphatic hydroxyl groups excluding tert-OH is 1. The van der Waals surface area contributed by atoms with E-state index in [0.29, 0.717) is 91.2 Å². The molecule has 2 saturated heterocycles. The summed E-state index contributed by atoms with van der Waals surface area (Å²) < 4.78 is 71.4. The van der Waals surface area contributed by atoms with Crippen LogP contribution in [0.5, 0.6) is 0 Å². The van der Waals surface area contributed by atoms with Gasteiger partial charge in [0.05, 0.1) is 90.4 Å². The lowest BCUT2D eigenvalue weighted by atomic mass is 9.90. The van der Waals surface area contributed by atoms with Gasteiger partial charge in [-0.1, -0.05) is 73.7 Å². The Labute approximate surface area is 323 Å². The molecule has 14 heteroatoms. The van der Waals surface area contributed by atoms with Crippen molar-refractivity contribution < 1.29 is 46.7 Å². The van der Waals surface area contributed by atoms with Crippen LogP contribution in [0, 0.1) is 5.92 Å². The fourth-order valence-corrected chi connectivity index (χ4v) is 7.78. The van der Waals surface area contributed by atoms with Gasteiger partial charge in [-0.05, 0) is 28.8 Å². The van der Waals surface area contributed by atoms with Gasteiger partial charge in [-0.3, -0.25) is 9.88 Å². The van der Waals surface area contributed by atoms with Crippen LogP contribution >= 0.6 is 0 Å². The highest BCUT2D eigenvalue weighted by molar-refractivity contribution is 7.89. The molecule has 6 rings (SSSR count). The van der Waals surface area contributed by atoms with Crippen molar-refractivity contribution in [2.75, 3.05) is 85.7 Å². The second kappa shape index (κ2) is 21.2. The highest BCUT2D eigenvalue weighted by Crippen LogP contribution is 2.42. The van der Waals surface area contributed by atoms with Gasteiger partial charge < -0.3 is 38.3 Å². The lowest BCUT2D eigenvalue weighted by Crippen LogP contribution is -2.46. The molecule has 4 unspecified atom stereocenters. The average molecular weight is 780 g/mol. The zero-order valence-corrected chi connectivity index (χ0v) is 32.2. The Hall–Kier alpha value is -3.38. The Morgan fingerprint density at radius 1 is 0.709 bits per heavy atom. The number of hydrogen-bond donors (Lipinski definition) is 2. The number of nitrogens with zero attached hydrogens (tertiary/aromatic N) is 2. The van der Waals surface area contributed by atoms with E-state index in [1.54, 1.807) is 24.4 Å². The zero-order chi connectivity index (χ0) is 38.3. The Kier molecular flexibility index (Phi) is 15.9. The first kappa shape index (κ1) is 41.3. The predicted octanol–water partition coefficient (Wildman–Crippen LogP) is 4.40. The molecule has 2 N–H and O–H groups in total. The molecule has 0 radical (unpaired) electrons. The third-order valence-electron chi connectivity index (χ3n) is 9.76. The normalized spacial score (nSPS) is 23.5. The molecule has 0 spiro atoms. The van der Waals surface area contributed by atoms with Gasteiger partial charge in [0.25, 0.3) is 0 Å². The van der Waals surface area contributed by atoms with Crippen molar-refractivity contribution in [3.05, 3.63) is 107 Å². The van der Waals surface area contributed by atoms with Crippen LogP contribution in [0.1, 0.15) is 41.6 Å². The lowest BCUT2D eigenvalue weighted by molar-refractivity contribution is -0.276. The third-order valence-corrected chi connectivity index (χ3v) is 11.2. The molecule has 2 fully saturated rings. The Morgan fingerprint density at radius 3 is 1.89 bits per heavy atom. The van der Waals surface area contributed by atoms with Crippen LogP contribution in [0.25, 0.3) is 10.9 Å². The number of nitrogens with one attached hydrogen (secondary N) is 1. The summed E-state index contributed by atoms with van der Waals surface area (Å²) in [5.41, 5.74) is 3.85. The molecular formula is C41H53N3O10S. The van der Waals surface area contributed by atoms with E-state index in [1.807, 2.05) is 60.7 Å². The van der Waals surface area contributed by atoms with Crippen molar-refractivity contribution in [2.24, 2.45) is 5.92 Å². The Bertz CT molecular complexity index is 1820. The first-order chi connectivity index (χ1) is 26.9. The maximum atomic E-state index is 13.3. The molecule has 0 amide bonds. The SMILES string of the molecule is CC1C(CN2CCOCCOCCOCCOCCOCC2)OC(c2ccc(CNS(=O)(=O)c3cccc4cccnc34)cc2)OC1c1ccc(CO)cc1. The van der Waals surface area contributed by atoms with E-state index in [4.69, 9.17) is 33.2 Å². The minimum Gasteiger partial charge on any atom is -0.392 e. The summed E-state index contributed by atoms with van der Waals surface area (Å²) >= 11 is 0. The minimum absolute atomic E-state index is 0.0210. The van der Waals surface area contributed by atoms with Crippen LogP contribution < -0.4 is 4.72 Å². The van der Waals surface area contributed by atoms with Gasteiger partial charge >= 0.3 is 0 Å². The number of hydrogen-bond acceptors (Lipinski definition) is 12. The van der Waals surface area contributed by atoms with Crippen molar-refractivity contribution in [1.82, 2.24) is 14.6 Å². The molecule has 0 saturated carbocycles. The molecular weight excluding hydrogens is 727 g/mol. The largest absolute Gasteiger partial charge is 0.392 e. The standard InChI is InChI=1S/C41H53N3O10S/c1-31-37(29-44-16-18-48-20-22-50-24-26-52-27-25-51-23-21-49-19-17-44)53-41(54-40(31)35-11-9-33(30-45)10-12-35)36-13-7-32(8-14-36)28-43-55(46,47)38-6-2-4-34-5-3-15-42-39(34)38/h2-15,31,37,40-41,43,45H,16-30H2,1H3. The summed E-state index contributed by atoms with van der Waals surface area (Å²) in [5, 5.41) is 10.4. The van der Waals surface area contributed by atoms with Gasteiger partial charge in [0.1, 0.15) is 4.90 Å². The number of ether oxygens (including phenoxy) is 7. The third kappa shape index (κ3) is 12.1. The summed E-state index contributed by atoms with van der Waals surface area (Å²) in [6, 6.07) is 24.2. The maximum absolute atomic E-state index is 13.3. The van der Waals surface area contributed by atoms with E-state index in [2.05, 4.69) is 21.5 Å². The van der Waals surface area contributed by atoms with Crippen molar-refractivity contribution in [2.45, 2.75) is 43.5 Å². The number of sulfonamides is 1. The van der Waals surface area contributed by atoms with Crippen LogP contribution in [-0.4, -0.2) is 115 Å². The molecule has 298 valence electrons. The van der Waals surface area contributed by atoms with Crippen molar-refractivity contribution in [3.8, 4) is 0 Å². The molecule has 3 heterocycles. The fraction of sp³-hybridized carbons (Fsp3) is 0.488. The van der Waals surface area contributed by atoms with E-state index in [0.717, 1.165) is 27.6 Å². The van der Waals surface area contributed by atoms with Crippen molar-refractivity contribution in [3.63, 3.8) is 0 Å². The first-order valence-electron chi connectivity index (χ1n) is 19.0. The quantitative estimate of drug-likeness (QED) is 0.248. The summed E-state index contributed by atoms with van der Waals surface area (Å²) in [7, 11) is -3.83. The summed E-state index contributed by atoms with van der Waals surface area (Å²) in [6.07, 6.45) is 0.406. The molecule has 0 aliphatic carbocycles. The molecule has 2 aliphatic rings. The number of aromatic nitrogens is 1. The second-order valence-corrected chi connectivity index (χ2v) is 15.3. The van der Waals surface area contributed by atoms with E-state index in [9.17, 15) is 13.5 Å². The number of pyridine rings is 1. The van der Waals surface area contributed by atoms with E-state index >= 15 is 0 Å². The zero-order valence-electron chi connectivity index (χ0n) is 31.4. The molecule has 55 heavy (non-hydrogen) atoms.